The van der Waals surface area contributed by atoms with E-state index in [0.717, 1.165) is 0 Å². The summed E-state index contributed by atoms with van der Waals surface area (Å²) in [5, 5.41) is 3.87. The average Bonchev–Trinajstić information content (AvgIpc) is 2.56. The van der Waals surface area contributed by atoms with Gasteiger partial charge in [-0.25, -0.2) is 4.79 Å². The average molecular weight is 364 g/mol. The van der Waals surface area contributed by atoms with Gasteiger partial charge in [-0.2, -0.15) is 0 Å². The molecule has 24 heavy (non-hydrogen) atoms. The van der Waals surface area contributed by atoms with E-state index in [0.29, 0.717) is 32.5 Å². The molecule has 122 valence electrons. The van der Waals surface area contributed by atoms with Crippen LogP contribution in [0.25, 0.3) is 11.0 Å². The summed E-state index contributed by atoms with van der Waals surface area (Å²) in [6.07, 6.45) is 0. The van der Waals surface area contributed by atoms with Crippen LogP contribution in [-0.2, 0) is 0 Å². The monoisotopic (exact) mass is 363 g/mol. The highest BCUT2D eigenvalue weighted by Gasteiger charge is 2.15. The van der Waals surface area contributed by atoms with E-state index in [4.69, 9.17) is 32.4 Å². The first-order valence-electron chi connectivity index (χ1n) is 6.86. The van der Waals surface area contributed by atoms with Gasteiger partial charge in [0.15, 0.2) is 0 Å². The molecular weight excluding hydrogens is 353 g/mol. The van der Waals surface area contributed by atoms with E-state index < -0.39 is 11.5 Å². The first-order valence-corrected chi connectivity index (χ1v) is 7.62. The molecule has 0 aliphatic heterocycles. The van der Waals surface area contributed by atoms with Crippen molar-refractivity contribution in [2.75, 3.05) is 12.4 Å². The normalized spacial score (nSPS) is 10.6. The number of methoxy groups -OCH3 is 1. The molecule has 3 aromatic rings. The molecule has 5 nitrogen and oxygen atoms in total. The van der Waals surface area contributed by atoms with Gasteiger partial charge in [0.1, 0.15) is 16.9 Å². The van der Waals surface area contributed by atoms with Crippen molar-refractivity contribution in [3.05, 3.63) is 68.5 Å². The second-order valence-electron chi connectivity index (χ2n) is 4.93. The third-order valence-electron chi connectivity index (χ3n) is 3.36. The number of halogens is 2. The zero-order valence-corrected chi connectivity index (χ0v) is 13.9. The highest BCUT2D eigenvalue weighted by atomic mass is 35.5. The second-order valence-corrected chi connectivity index (χ2v) is 5.77. The molecule has 1 amide bonds. The zero-order valence-electron chi connectivity index (χ0n) is 12.4. The molecule has 0 saturated carbocycles. The van der Waals surface area contributed by atoms with Gasteiger partial charge in [-0.1, -0.05) is 23.2 Å². The summed E-state index contributed by atoms with van der Waals surface area (Å²) in [4.78, 5) is 24.5. The van der Waals surface area contributed by atoms with Gasteiger partial charge < -0.3 is 14.5 Å². The summed E-state index contributed by atoms with van der Waals surface area (Å²) in [6.45, 7) is 0. The van der Waals surface area contributed by atoms with Gasteiger partial charge in [0.2, 0.25) is 0 Å². The summed E-state index contributed by atoms with van der Waals surface area (Å²) in [5.74, 6) is -0.0841. The molecule has 0 saturated heterocycles. The Balaban J connectivity index is 1.99. The number of fused-ring (bicyclic) bond motifs is 1. The number of amides is 1. The number of carbonyl (C=O) groups is 1. The molecule has 1 heterocycles. The highest BCUT2D eigenvalue weighted by molar-refractivity contribution is 6.35. The number of benzene rings is 2. The molecule has 0 bridgehead atoms. The van der Waals surface area contributed by atoms with Gasteiger partial charge in [-0.05, 0) is 36.4 Å². The standard InChI is InChI=1S/C17H11Cl2NO4/c1-23-11-4-2-9-6-12(17(22)24-15(9)8-11)16(21)20-14-7-10(18)3-5-13(14)19/h2-8H,1H3,(H,20,21). The Morgan fingerprint density at radius 2 is 1.92 bits per heavy atom. The van der Waals surface area contributed by atoms with Crippen LogP contribution >= 0.6 is 23.2 Å². The van der Waals surface area contributed by atoms with Crippen molar-refractivity contribution >= 4 is 45.8 Å². The zero-order chi connectivity index (χ0) is 17.3. The lowest BCUT2D eigenvalue weighted by atomic mass is 10.1. The van der Waals surface area contributed by atoms with Crippen molar-refractivity contribution in [2.45, 2.75) is 0 Å². The number of carbonyl (C=O) groups excluding carboxylic acids is 1. The largest absolute Gasteiger partial charge is 0.497 e. The molecule has 0 aliphatic rings. The van der Waals surface area contributed by atoms with Gasteiger partial charge in [0, 0.05) is 16.5 Å². The lowest BCUT2D eigenvalue weighted by molar-refractivity contribution is 0.102. The minimum Gasteiger partial charge on any atom is -0.497 e. The van der Waals surface area contributed by atoms with Gasteiger partial charge in [0.05, 0.1) is 17.8 Å². The fourth-order valence-corrected chi connectivity index (χ4v) is 2.50. The van der Waals surface area contributed by atoms with E-state index in [1.807, 2.05) is 0 Å². The predicted molar refractivity (Wildman–Crippen MR) is 93.5 cm³/mol. The van der Waals surface area contributed by atoms with Gasteiger partial charge in [0.25, 0.3) is 5.91 Å². The van der Waals surface area contributed by atoms with Crippen molar-refractivity contribution in [3.8, 4) is 5.75 Å². The second kappa shape index (κ2) is 6.55. The summed E-state index contributed by atoms with van der Waals surface area (Å²) >= 11 is 11.9. The molecule has 0 radical (unpaired) electrons. The van der Waals surface area contributed by atoms with Crippen molar-refractivity contribution in [3.63, 3.8) is 0 Å². The number of ether oxygens (including phenoxy) is 1. The van der Waals surface area contributed by atoms with Crippen LogP contribution in [0.15, 0.2) is 51.7 Å². The fraction of sp³-hybridized carbons (Fsp3) is 0.0588. The molecule has 3 rings (SSSR count). The van der Waals surface area contributed by atoms with E-state index in [-0.39, 0.29) is 5.56 Å². The van der Waals surface area contributed by atoms with E-state index in [2.05, 4.69) is 5.32 Å². The minimum absolute atomic E-state index is 0.135. The van der Waals surface area contributed by atoms with E-state index >= 15 is 0 Å². The summed E-state index contributed by atoms with van der Waals surface area (Å²) in [5.41, 5.74) is -0.254. The Kier molecular flexibility index (Phi) is 4.46. The lowest BCUT2D eigenvalue weighted by Gasteiger charge is -2.08. The number of hydrogen-bond donors (Lipinski definition) is 1. The van der Waals surface area contributed by atoms with Crippen molar-refractivity contribution in [2.24, 2.45) is 0 Å². The van der Waals surface area contributed by atoms with Gasteiger partial charge >= 0.3 is 5.63 Å². The molecular formula is C17H11Cl2NO4. The molecule has 0 aliphatic carbocycles. The highest BCUT2D eigenvalue weighted by Crippen LogP contribution is 2.26. The molecule has 7 heteroatoms. The third-order valence-corrected chi connectivity index (χ3v) is 3.93. The van der Waals surface area contributed by atoms with Crippen LogP contribution in [0.1, 0.15) is 10.4 Å². The van der Waals surface area contributed by atoms with Crippen LogP contribution in [0.3, 0.4) is 0 Å². The van der Waals surface area contributed by atoms with Gasteiger partial charge in [-0.15, -0.1) is 0 Å². The number of anilines is 1. The van der Waals surface area contributed by atoms with Crippen LogP contribution in [0.4, 0.5) is 5.69 Å². The Bertz CT molecular complexity index is 998. The fourth-order valence-electron chi connectivity index (χ4n) is 2.16. The quantitative estimate of drug-likeness (QED) is 0.701. The maximum atomic E-state index is 12.4. The first-order chi connectivity index (χ1) is 11.5. The lowest BCUT2D eigenvalue weighted by Crippen LogP contribution is -2.20. The van der Waals surface area contributed by atoms with Crippen LogP contribution in [-0.4, -0.2) is 13.0 Å². The predicted octanol–water partition coefficient (Wildman–Crippen LogP) is 4.36. The third kappa shape index (κ3) is 3.22. The van der Waals surface area contributed by atoms with E-state index in [1.165, 1.54) is 19.2 Å². The Morgan fingerprint density at radius 3 is 2.67 bits per heavy atom. The Morgan fingerprint density at radius 1 is 1.12 bits per heavy atom. The summed E-state index contributed by atoms with van der Waals surface area (Å²) in [7, 11) is 1.51. The summed E-state index contributed by atoms with van der Waals surface area (Å²) < 4.78 is 10.3. The molecule has 0 unspecified atom stereocenters. The number of rotatable bonds is 3. The smallest absolute Gasteiger partial charge is 0.349 e. The minimum atomic E-state index is -0.758. The van der Waals surface area contributed by atoms with E-state index in [9.17, 15) is 9.59 Å². The Hall–Kier alpha value is -2.50. The molecule has 2 aromatic carbocycles. The molecule has 1 aromatic heterocycles. The summed E-state index contributed by atoms with van der Waals surface area (Å²) in [6, 6.07) is 11.1. The molecule has 0 fully saturated rings. The molecule has 0 atom stereocenters. The van der Waals surface area contributed by atoms with Crippen molar-refractivity contribution in [1.29, 1.82) is 0 Å². The molecule has 1 N–H and O–H groups in total. The van der Waals surface area contributed by atoms with Crippen molar-refractivity contribution in [1.82, 2.24) is 0 Å². The van der Waals surface area contributed by atoms with Crippen LogP contribution in [0.5, 0.6) is 5.75 Å². The SMILES string of the molecule is COc1ccc2cc(C(=O)Nc3cc(Cl)ccc3Cl)c(=O)oc2c1. The number of nitrogens with one attached hydrogen (secondary N) is 1. The maximum absolute atomic E-state index is 12.4. The van der Waals surface area contributed by atoms with Crippen LogP contribution < -0.4 is 15.7 Å². The Labute approximate surface area is 146 Å². The molecule has 0 spiro atoms. The van der Waals surface area contributed by atoms with Crippen molar-refractivity contribution < 1.29 is 13.9 Å². The van der Waals surface area contributed by atoms with Gasteiger partial charge in [-0.3, -0.25) is 4.79 Å². The van der Waals surface area contributed by atoms with Crippen LogP contribution in [0, 0.1) is 0 Å². The van der Waals surface area contributed by atoms with E-state index in [1.54, 1.807) is 30.3 Å². The maximum Gasteiger partial charge on any atom is 0.349 e. The number of hydrogen-bond acceptors (Lipinski definition) is 4. The first kappa shape index (κ1) is 16.4. The van der Waals surface area contributed by atoms with Crippen LogP contribution in [0.2, 0.25) is 10.0 Å². The topological polar surface area (TPSA) is 68.5 Å².